The molecule has 2 aromatic rings. The van der Waals surface area contributed by atoms with Gasteiger partial charge in [0.15, 0.2) is 0 Å². The van der Waals surface area contributed by atoms with Gasteiger partial charge in [-0.15, -0.1) is 11.9 Å². The van der Waals surface area contributed by atoms with E-state index in [9.17, 15) is 0 Å². The molecule has 0 atom stereocenters. The minimum atomic E-state index is 0. The van der Waals surface area contributed by atoms with Crippen molar-refractivity contribution >= 4 is 0 Å². The van der Waals surface area contributed by atoms with Crippen LogP contribution in [0.1, 0.15) is 0 Å². The topological polar surface area (TPSA) is 38.7 Å². The zero-order chi connectivity index (χ0) is 8.23. The Balaban J connectivity index is 0.000000845. The molecule has 0 aromatic carbocycles. The van der Waals surface area contributed by atoms with Crippen LogP contribution in [0.25, 0.3) is 11.3 Å². The van der Waals surface area contributed by atoms with Crippen LogP contribution in [0.4, 0.5) is 0 Å². The van der Waals surface area contributed by atoms with Crippen LogP contribution in [-0.2, 0) is 32.7 Å². The number of pyridine rings is 1. The van der Waals surface area contributed by atoms with Gasteiger partial charge < -0.3 is 9.97 Å². The summed E-state index contributed by atoms with van der Waals surface area (Å²) in [6.45, 7) is 0. The summed E-state index contributed by atoms with van der Waals surface area (Å²) in [6, 6.07) is 4.76. The predicted molar refractivity (Wildman–Crippen MR) is 42.9 cm³/mol. The van der Waals surface area contributed by atoms with Gasteiger partial charge in [-0.05, 0) is 18.6 Å². The number of aromatic nitrogens is 3. The summed E-state index contributed by atoms with van der Waals surface area (Å²) in [5, 5.41) is 0. The van der Waals surface area contributed by atoms with Crippen LogP contribution in [0.3, 0.4) is 0 Å². The molecule has 2 rings (SSSR count). The molecule has 0 fully saturated rings. The van der Waals surface area contributed by atoms with E-state index < -0.39 is 0 Å². The van der Waals surface area contributed by atoms with E-state index in [1.165, 1.54) is 0 Å². The van der Waals surface area contributed by atoms with Crippen molar-refractivity contribution < 1.29 is 32.7 Å². The van der Waals surface area contributed by atoms with E-state index in [1.54, 1.807) is 24.8 Å². The van der Waals surface area contributed by atoms with Gasteiger partial charge in [0.05, 0.1) is 0 Å². The first-order chi connectivity index (χ1) is 5.97. The van der Waals surface area contributed by atoms with Crippen molar-refractivity contribution in [1.29, 1.82) is 0 Å². The first-order valence-electron chi connectivity index (χ1n) is 3.47. The van der Waals surface area contributed by atoms with Gasteiger partial charge in [-0.2, -0.15) is 6.07 Å². The number of hydrogen-bond donors (Lipinski definition) is 0. The molecular weight excluding hydrogens is 239 g/mol. The second kappa shape index (κ2) is 5.15. The van der Waals surface area contributed by atoms with E-state index in [4.69, 9.17) is 0 Å². The average Bonchev–Trinajstić information content (AvgIpc) is 2.21. The van der Waals surface area contributed by atoms with Crippen molar-refractivity contribution in [2.45, 2.75) is 0 Å². The SMILES string of the molecule is [Y].[c-]1cnccc1-c1[c-]nccn1. The standard InChI is InChI=1S/C9H5N3.Y/c1-3-10-4-2-8(1)9-7-11-5-6-12-9;/h1,3-6H;/q-2;. The van der Waals surface area contributed by atoms with Crippen molar-refractivity contribution in [3.8, 4) is 11.3 Å². The van der Waals surface area contributed by atoms with Gasteiger partial charge >= 0.3 is 0 Å². The smallest absolute Gasteiger partial charge is 0 e. The van der Waals surface area contributed by atoms with Crippen LogP contribution in [0.2, 0.25) is 0 Å². The largest absolute Gasteiger partial charge is 0.403 e. The molecule has 0 aliphatic rings. The molecule has 0 bridgehead atoms. The maximum absolute atomic E-state index is 4.07. The molecule has 0 aliphatic carbocycles. The van der Waals surface area contributed by atoms with Crippen molar-refractivity contribution in [3.05, 3.63) is 43.1 Å². The van der Waals surface area contributed by atoms with Gasteiger partial charge in [0.25, 0.3) is 0 Å². The molecule has 2 aromatic heterocycles. The molecule has 0 saturated carbocycles. The molecule has 2 heterocycles. The average molecular weight is 244 g/mol. The monoisotopic (exact) mass is 244 g/mol. The second-order valence-electron chi connectivity index (χ2n) is 2.17. The fraction of sp³-hybridized carbons (Fsp3) is 0. The fourth-order valence-corrected chi connectivity index (χ4v) is 0.861. The van der Waals surface area contributed by atoms with E-state index in [-0.39, 0.29) is 32.7 Å². The van der Waals surface area contributed by atoms with Crippen LogP contribution in [0.15, 0.2) is 30.9 Å². The van der Waals surface area contributed by atoms with E-state index in [0.29, 0.717) is 5.69 Å². The second-order valence-corrected chi connectivity index (χ2v) is 2.17. The molecule has 0 aliphatic heterocycles. The van der Waals surface area contributed by atoms with Crippen molar-refractivity contribution in [3.63, 3.8) is 0 Å². The molecule has 3 nitrogen and oxygen atoms in total. The first kappa shape index (κ1) is 10.4. The van der Waals surface area contributed by atoms with Crippen LogP contribution in [0.5, 0.6) is 0 Å². The molecule has 0 amide bonds. The Morgan fingerprint density at radius 1 is 1.15 bits per heavy atom. The van der Waals surface area contributed by atoms with Crippen molar-refractivity contribution in [2.75, 3.05) is 0 Å². The molecule has 4 heteroatoms. The van der Waals surface area contributed by atoms with Gasteiger partial charge in [0, 0.05) is 32.7 Å². The van der Waals surface area contributed by atoms with Gasteiger partial charge in [-0.1, -0.05) is 6.20 Å². The zero-order valence-electron chi connectivity index (χ0n) is 6.81. The third-order valence-corrected chi connectivity index (χ3v) is 1.39. The van der Waals surface area contributed by atoms with Crippen LogP contribution in [0, 0.1) is 12.3 Å². The Bertz CT molecular complexity index is 312. The third kappa shape index (κ3) is 2.64. The first-order valence-corrected chi connectivity index (χ1v) is 3.47. The van der Waals surface area contributed by atoms with E-state index in [2.05, 4.69) is 27.2 Å². The molecule has 0 saturated heterocycles. The summed E-state index contributed by atoms with van der Waals surface area (Å²) >= 11 is 0. The van der Waals surface area contributed by atoms with E-state index in [1.807, 2.05) is 6.07 Å². The Morgan fingerprint density at radius 2 is 2.08 bits per heavy atom. The minimum absolute atomic E-state index is 0. The summed E-state index contributed by atoms with van der Waals surface area (Å²) in [6.07, 6.45) is 9.26. The summed E-state index contributed by atoms with van der Waals surface area (Å²) < 4.78 is 0. The van der Waals surface area contributed by atoms with Crippen LogP contribution < -0.4 is 0 Å². The van der Waals surface area contributed by atoms with E-state index in [0.717, 1.165) is 5.56 Å². The molecular formula is C9H5N3Y-2. The van der Waals surface area contributed by atoms with E-state index >= 15 is 0 Å². The van der Waals surface area contributed by atoms with Crippen molar-refractivity contribution in [2.24, 2.45) is 0 Å². The van der Waals surface area contributed by atoms with Gasteiger partial charge in [0.1, 0.15) is 0 Å². The van der Waals surface area contributed by atoms with Gasteiger partial charge in [-0.25, -0.2) is 6.07 Å². The minimum Gasteiger partial charge on any atom is -0.403 e. The Labute approximate surface area is 102 Å². The quantitative estimate of drug-likeness (QED) is 0.706. The molecule has 0 unspecified atom stereocenters. The molecule has 13 heavy (non-hydrogen) atoms. The molecule has 1 radical (unpaired) electrons. The Hall–Kier alpha value is -0.666. The third-order valence-electron chi connectivity index (χ3n) is 1.39. The summed E-state index contributed by atoms with van der Waals surface area (Å²) in [5.41, 5.74) is 1.55. The zero-order valence-corrected chi connectivity index (χ0v) is 9.64. The Morgan fingerprint density at radius 3 is 2.69 bits per heavy atom. The number of hydrogen-bond acceptors (Lipinski definition) is 3. The van der Waals surface area contributed by atoms with Crippen LogP contribution >= 0.6 is 0 Å². The maximum atomic E-state index is 4.07. The molecule has 0 spiro atoms. The maximum Gasteiger partial charge on any atom is 0 e. The van der Waals surface area contributed by atoms with Gasteiger partial charge in [-0.3, -0.25) is 10.5 Å². The fourth-order valence-electron chi connectivity index (χ4n) is 0.861. The number of nitrogens with zero attached hydrogens (tertiary/aromatic N) is 3. The molecule has 61 valence electrons. The summed E-state index contributed by atoms with van der Waals surface area (Å²) in [4.78, 5) is 11.8. The molecule has 0 N–H and O–H groups in total. The van der Waals surface area contributed by atoms with Crippen molar-refractivity contribution in [1.82, 2.24) is 15.0 Å². The number of rotatable bonds is 1. The summed E-state index contributed by atoms with van der Waals surface area (Å²) in [7, 11) is 0. The Kier molecular flexibility index (Phi) is 4.12. The van der Waals surface area contributed by atoms with Gasteiger partial charge in [0.2, 0.25) is 0 Å². The van der Waals surface area contributed by atoms with Crippen LogP contribution in [-0.4, -0.2) is 15.0 Å². The predicted octanol–water partition coefficient (Wildman–Crippen LogP) is 1.14. The normalized spacial score (nSPS) is 8.92. The summed E-state index contributed by atoms with van der Waals surface area (Å²) in [5.74, 6) is 0.